The highest BCUT2D eigenvalue weighted by Gasteiger charge is 2.30. The fourth-order valence-corrected chi connectivity index (χ4v) is 2.67. The molecule has 0 saturated carbocycles. The number of ether oxygens (including phenoxy) is 1. The second-order valence-electron chi connectivity index (χ2n) is 4.51. The zero-order valence-electron chi connectivity index (χ0n) is 11.6. The van der Waals surface area contributed by atoms with Crippen LogP contribution in [0.5, 0.6) is 0 Å². The van der Waals surface area contributed by atoms with Gasteiger partial charge in [0.2, 0.25) is 0 Å². The maximum Gasteiger partial charge on any atom is 0.408 e. The van der Waals surface area contributed by atoms with Gasteiger partial charge in [-0.15, -0.1) is 11.3 Å². The van der Waals surface area contributed by atoms with Gasteiger partial charge in [0.25, 0.3) is 0 Å². The van der Waals surface area contributed by atoms with Crippen LogP contribution in [0, 0.1) is 6.92 Å². The summed E-state index contributed by atoms with van der Waals surface area (Å²) >= 11 is 1.49. The van der Waals surface area contributed by atoms with E-state index in [1.807, 2.05) is 6.92 Å². The predicted octanol–water partition coefficient (Wildman–Crippen LogP) is 2.54. The highest BCUT2D eigenvalue weighted by atomic mass is 32.1. The fourth-order valence-electron chi connectivity index (χ4n) is 1.89. The lowest BCUT2D eigenvalue weighted by molar-refractivity contribution is -0.143. The summed E-state index contributed by atoms with van der Waals surface area (Å²) in [7, 11) is 1.45. The van der Waals surface area contributed by atoms with E-state index < -0.39 is 12.7 Å². The van der Waals surface area contributed by atoms with E-state index in [1.165, 1.54) is 18.4 Å². The topological polar surface area (TPSA) is 52.8 Å². The second kappa shape index (κ2) is 6.52. The minimum absolute atomic E-state index is 0.0947. The lowest BCUT2D eigenvalue weighted by Crippen LogP contribution is -2.21. The molecule has 0 unspecified atom stereocenters. The molecule has 0 aliphatic carbocycles. The number of methoxy groups -OCH3 is 1. The van der Waals surface area contributed by atoms with Crippen LogP contribution in [0.2, 0.25) is 0 Å². The Morgan fingerprint density at radius 3 is 2.67 bits per heavy atom. The van der Waals surface area contributed by atoms with Crippen LogP contribution in [0.4, 0.5) is 13.2 Å². The average molecular weight is 320 g/mol. The Labute approximate surface area is 123 Å². The maximum atomic E-state index is 12.6. The Balaban J connectivity index is 2.14. The first kappa shape index (κ1) is 15.9. The highest BCUT2D eigenvalue weighted by Crippen LogP contribution is 2.20. The number of aromatic nitrogens is 4. The fraction of sp³-hybridized carbons (Fsp3) is 0.583. The molecule has 0 aliphatic heterocycles. The van der Waals surface area contributed by atoms with Crippen molar-refractivity contribution < 1.29 is 17.9 Å². The third-order valence-corrected chi connectivity index (χ3v) is 3.81. The van der Waals surface area contributed by atoms with Crippen LogP contribution in [0.1, 0.15) is 22.2 Å². The van der Waals surface area contributed by atoms with E-state index in [2.05, 4.69) is 15.1 Å². The van der Waals surface area contributed by atoms with Gasteiger partial charge < -0.3 is 4.74 Å². The summed E-state index contributed by atoms with van der Waals surface area (Å²) in [6.45, 7) is 0.834. The molecule has 0 saturated heterocycles. The summed E-state index contributed by atoms with van der Waals surface area (Å²) in [5.74, 6) is 0.574. The third kappa shape index (κ3) is 4.50. The van der Waals surface area contributed by atoms with E-state index >= 15 is 0 Å². The second-order valence-corrected chi connectivity index (χ2v) is 5.45. The van der Waals surface area contributed by atoms with Crippen LogP contribution in [-0.4, -0.2) is 33.0 Å². The Hall–Kier alpha value is -1.48. The van der Waals surface area contributed by atoms with Crippen molar-refractivity contribution in [2.24, 2.45) is 0 Å². The highest BCUT2D eigenvalue weighted by molar-refractivity contribution is 7.09. The van der Waals surface area contributed by atoms with Crippen molar-refractivity contribution >= 4 is 11.3 Å². The molecule has 2 aromatic rings. The molecule has 0 radical (unpaired) electrons. The number of alkyl halides is 3. The first-order valence-corrected chi connectivity index (χ1v) is 7.14. The van der Waals surface area contributed by atoms with E-state index in [1.54, 1.807) is 5.51 Å². The molecule has 2 rings (SSSR count). The van der Waals surface area contributed by atoms with Crippen molar-refractivity contribution in [1.29, 1.82) is 0 Å². The molecule has 21 heavy (non-hydrogen) atoms. The first-order chi connectivity index (χ1) is 9.89. The van der Waals surface area contributed by atoms with Crippen LogP contribution < -0.4 is 0 Å². The Morgan fingerprint density at radius 2 is 2.10 bits per heavy atom. The van der Waals surface area contributed by atoms with Crippen LogP contribution >= 0.6 is 11.3 Å². The molecule has 2 aromatic heterocycles. The standard InChI is InChI=1S/C12H15F3N4OS/c1-8-9(21-7-16-8)3-4-11-17-10(5-20-2)18-19(11)6-12(13,14)15/h7H,3-6H2,1-2H3. The van der Waals surface area contributed by atoms with Crippen LogP contribution in [0.15, 0.2) is 5.51 Å². The minimum atomic E-state index is -4.33. The van der Waals surface area contributed by atoms with Crippen molar-refractivity contribution in [3.8, 4) is 0 Å². The maximum absolute atomic E-state index is 12.6. The summed E-state index contributed by atoms with van der Waals surface area (Å²) in [6.07, 6.45) is -3.34. The summed E-state index contributed by atoms with van der Waals surface area (Å²) in [5, 5.41) is 3.86. The average Bonchev–Trinajstić information content (AvgIpc) is 2.92. The molecule has 0 aromatic carbocycles. The molecule has 0 bridgehead atoms. The summed E-state index contributed by atoms with van der Waals surface area (Å²) in [6, 6.07) is 0. The molecular weight excluding hydrogens is 305 g/mol. The number of rotatable bonds is 6. The Bertz CT molecular complexity index is 594. The van der Waals surface area contributed by atoms with Crippen molar-refractivity contribution in [1.82, 2.24) is 19.7 Å². The summed E-state index contributed by atoms with van der Waals surface area (Å²) < 4.78 is 43.5. The normalized spacial score (nSPS) is 12.0. The lowest BCUT2D eigenvalue weighted by Gasteiger charge is -2.08. The number of halogens is 3. The molecular formula is C12H15F3N4OS. The van der Waals surface area contributed by atoms with E-state index in [4.69, 9.17) is 4.74 Å². The molecule has 0 atom stereocenters. The van der Waals surface area contributed by atoms with Gasteiger partial charge in [-0.1, -0.05) is 0 Å². The van der Waals surface area contributed by atoms with Crippen molar-refractivity contribution in [3.05, 3.63) is 27.7 Å². The van der Waals surface area contributed by atoms with Gasteiger partial charge in [0.1, 0.15) is 19.0 Å². The predicted molar refractivity (Wildman–Crippen MR) is 71.0 cm³/mol. The molecule has 0 fully saturated rings. The van der Waals surface area contributed by atoms with Gasteiger partial charge in [0.05, 0.1) is 11.2 Å². The van der Waals surface area contributed by atoms with E-state index in [9.17, 15) is 13.2 Å². The van der Waals surface area contributed by atoms with Gasteiger partial charge in [0.15, 0.2) is 5.82 Å². The smallest absolute Gasteiger partial charge is 0.377 e. The van der Waals surface area contributed by atoms with E-state index in [0.29, 0.717) is 18.7 Å². The SMILES string of the molecule is COCc1nc(CCc2scnc2C)n(CC(F)(F)F)n1. The number of hydrogen-bond donors (Lipinski definition) is 0. The molecule has 5 nitrogen and oxygen atoms in total. The van der Waals surface area contributed by atoms with Gasteiger partial charge in [-0.2, -0.15) is 18.3 Å². The summed E-state index contributed by atoms with van der Waals surface area (Å²) in [5.41, 5.74) is 2.63. The lowest BCUT2D eigenvalue weighted by atomic mass is 10.2. The zero-order chi connectivity index (χ0) is 15.5. The third-order valence-electron chi connectivity index (χ3n) is 2.82. The zero-order valence-corrected chi connectivity index (χ0v) is 12.5. The first-order valence-electron chi connectivity index (χ1n) is 6.26. The van der Waals surface area contributed by atoms with Crippen LogP contribution in [0.25, 0.3) is 0 Å². The molecule has 0 N–H and O–H groups in total. The van der Waals surface area contributed by atoms with E-state index in [-0.39, 0.29) is 12.4 Å². The quantitative estimate of drug-likeness (QED) is 0.821. The molecule has 2 heterocycles. The molecule has 0 spiro atoms. The number of aryl methyl sites for hydroxylation is 3. The van der Waals surface area contributed by atoms with Crippen molar-refractivity contribution in [2.75, 3.05) is 7.11 Å². The molecule has 0 aliphatic rings. The van der Waals surface area contributed by atoms with Gasteiger partial charge in [-0.3, -0.25) is 0 Å². The number of thiazole rings is 1. The van der Waals surface area contributed by atoms with Gasteiger partial charge in [-0.05, 0) is 13.3 Å². The molecule has 9 heteroatoms. The van der Waals surface area contributed by atoms with E-state index in [0.717, 1.165) is 15.3 Å². The van der Waals surface area contributed by atoms with Gasteiger partial charge in [-0.25, -0.2) is 14.6 Å². The molecule has 116 valence electrons. The minimum Gasteiger partial charge on any atom is -0.377 e. The van der Waals surface area contributed by atoms with Crippen LogP contribution in [-0.2, 0) is 30.7 Å². The van der Waals surface area contributed by atoms with Crippen molar-refractivity contribution in [2.45, 2.75) is 39.1 Å². The monoisotopic (exact) mass is 320 g/mol. The Kier molecular flexibility index (Phi) is 4.94. The van der Waals surface area contributed by atoms with Gasteiger partial charge in [0, 0.05) is 18.4 Å². The molecule has 0 amide bonds. The summed E-state index contributed by atoms with van der Waals surface area (Å²) in [4.78, 5) is 9.29. The van der Waals surface area contributed by atoms with Crippen LogP contribution in [0.3, 0.4) is 0 Å². The van der Waals surface area contributed by atoms with Crippen molar-refractivity contribution in [3.63, 3.8) is 0 Å². The number of nitrogens with zero attached hydrogens (tertiary/aromatic N) is 4. The Morgan fingerprint density at radius 1 is 1.33 bits per heavy atom. The number of hydrogen-bond acceptors (Lipinski definition) is 5. The van der Waals surface area contributed by atoms with Gasteiger partial charge >= 0.3 is 6.18 Å². The largest absolute Gasteiger partial charge is 0.408 e.